The summed E-state index contributed by atoms with van der Waals surface area (Å²) >= 11 is -1.29. The average molecular weight is 238 g/mol. The van der Waals surface area contributed by atoms with Crippen molar-refractivity contribution in [2.24, 2.45) is 0 Å². The maximum absolute atomic E-state index is 2.39. The SMILES string of the molecule is C[CH2][Sb]([CH2]C)([CH2]C)[CH2]C. The molecule has 0 amide bonds. The van der Waals surface area contributed by atoms with Crippen LogP contribution in [0.4, 0.5) is 0 Å². The normalized spacial score (nSPS) is 12.0. The van der Waals surface area contributed by atoms with Crippen LogP contribution in [0.25, 0.3) is 0 Å². The molecule has 9 heavy (non-hydrogen) atoms. The topological polar surface area (TPSA) is 0 Å². The minimum absolute atomic E-state index is 1.29. The molecule has 0 aliphatic rings. The van der Waals surface area contributed by atoms with E-state index in [1.807, 2.05) is 0 Å². The van der Waals surface area contributed by atoms with Crippen LogP contribution >= 0.6 is 0 Å². The van der Waals surface area contributed by atoms with Crippen LogP contribution in [0.5, 0.6) is 0 Å². The van der Waals surface area contributed by atoms with E-state index in [0.717, 1.165) is 0 Å². The van der Waals surface area contributed by atoms with Crippen LogP contribution in [0.2, 0.25) is 17.5 Å². The van der Waals surface area contributed by atoms with Gasteiger partial charge in [0.2, 0.25) is 0 Å². The quantitative estimate of drug-likeness (QED) is 0.657. The van der Waals surface area contributed by atoms with Gasteiger partial charge in [-0.3, -0.25) is 0 Å². The zero-order chi connectivity index (χ0) is 7.33. The molecular formula is C8H20Sb. The van der Waals surface area contributed by atoms with Gasteiger partial charge in [-0.25, -0.2) is 0 Å². The molecule has 0 aliphatic carbocycles. The monoisotopic (exact) mass is 237 g/mol. The average Bonchev–Trinajstić information content (AvgIpc) is 1.95. The third kappa shape index (κ3) is 2.49. The molecule has 0 aromatic rings. The fourth-order valence-corrected chi connectivity index (χ4v) is 9.00. The van der Waals surface area contributed by atoms with Gasteiger partial charge in [0.15, 0.2) is 0 Å². The van der Waals surface area contributed by atoms with E-state index in [-0.39, 0.29) is 0 Å². The predicted molar refractivity (Wildman–Crippen MR) is 47.7 cm³/mol. The first-order chi connectivity index (χ1) is 4.24. The molecule has 57 valence electrons. The third-order valence-electron chi connectivity index (χ3n) is 2.68. The molecule has 0 rings (SSSR count). The molecule has 0 nitrogen and oxygen atoms in total. The Hall–Kier alpha value is 0.818. The second kappa shape index (κ2) is 4.61. The zero-order valence-electron chi connectivity index (χ0n) is 7.28. The van der Waals surface area contributed by atoms with E-state index in [1.165, 1.54) is 0 Å². The molecular weight excluding hydrogens is 218 g/mol. The van der Waals surface area contributed by atoms with Gasteiger partial charge in [0, 0.05) is 0 Å². The van der Waals surface area contributed by atoms with Crippen LogP contribution in [-0.4, -0.2) is 18.8 Å². The molecule has 1 radical (unpaired) electrons. The molecule has 0 saturated carbocycles. The van der Waals surface area contributed by atoms with E-state index in [4.69, 9.17) is 0 Å². The Labute approximate surface area is 64.0 Å². The Morgan fingerprint density at radius 3 is 0.889 bits per heavy atom. The summed E-state index contributed by atoms with van der Waals surface area (Å²) in [6.07, 6.45) is 0. The molecule has 0 aliphatic heterocycles. The molecule has 0 saturated heterocycles. The van der Waals surface area contributed by atoms with Crippen LogP contribution in [0.1, 0.15) is 27.7 Å². The van der Waals surface area contributed by atoms with Crippen LogP contribution < -0.4 is 0 Å². The number of hydrogen-bond acceptors (Lipinski definition) is 0. The Morgan fingerprint density at radius 1 is 0.667 bits per heavy atom. The standard InChI is InChI=1S/4C2H5.Sb/c4*1-2;/h4*1H2,2H3;. The van der Waals surface area contributed by atoms with Crippen molar-refractivity contribution >= 4 is 18.8 Å². The molecule has 0 heterocycles. The van der Waals surface area contributed by atoms with E-state index in [1.54, 1.807) is 17.5 Å². The van der Waals surface area contributed by atoms with Crippen LogP contribution in [0.3, 0.4) is 0 Å². The van der Waals surface area contributed by atoms with Crippen molar-refractivity contribution in [1.82, 2.24) is 0 Å². The first kappa shape index (κ1) is 9.82. The summed E-state index contributed by atoms with van der Waals surface area (Å²) < 4.78 is 6.18. The van der Waals surface area contributed by atoms with Crippen molar-refractivity contribution in [2.75, 3.05) is 0 Å². The minimum atomic E-state index is -1.29. The number of hydrogen-bond donors (Lipinski definition) is 0. The molecule has 0 spiro atoms. The molecule has 1 heteroatoms. The summed E-state index contributed by atoms with van der Waals surface area (Å²) in [5.41, 5.74) is 0. The van der Waals surface area contributed by atoms with Gasteiger partial charge >= 0.3 is 64.0 Å². The molecule has 0 fully saturated rings. The first-order valence-corrected chi connectivity index (χ1v) is 11.3. The Balaban J connectivity index is 3.82. The predicted octanol–water partition coefficient (Wildman–Crippen LogP) is 3.51. The van der Waals surface area contributed by atoms with Gasteiger partial charge in [-0.15, -0.1) is 0 Å². The molecule has 0 N–H and O–H groups in total. The van der Waals surface area contributed by atoms with Crippen molar-refractivity contribution in [3.05, 3.63) is 0 Å². The molecule has 0 aromatic carbocycles. The van der Waals surface area contributed by atoms with Crippen molar-refractivity contribution in [1.29, 1.82) is 0 Å². The Morgan fingerprint density at radius 2 is 0.889 bits per heavy atom. The van der Waals surface area contributed by atoms with E-state index >= 15 is 0 Å². The van der Waals surface area contributed by atoms with Gasteiger partial charge in [-0.1, -0.05) is 0 Å². The first-order valence-electron chi connectivity index (χ1n) is 4.09. The van der Waals surface area contributed by atoms with E-state index < -0.39 is 18.8 Å². The summed E-state index contributed by atoms with van der Waals surface area (Å²) in [5.74, 6) is 0. The van der Waals surface area contributed by atoms with E-state index in [2.05, 4.69) is 27.7 Å². The Kier molecular flexibility index (Phi) is 5.02. The molecule has 0 unspecified atom stereocenters. The summed E-state index contributed by atoms with van der Waals surface area (Å²) in [7, 11) is 0. The van der Waals surface area contributed by atoms with Crippen LogP contribution in [-0.2, 0) is 0 Å². The number of rotatable bonds is 4. The van der Waals surface area contributed by atoms with Gasteiger partial charge in [0.25, 0.3) is 0 Å². The van der Waals surface area contributed by atoms with Gasteiger partial charge in [0.1, 0.15) is 0 Å². The maximum atomic E-state index is 2.39. The second-order valence-corrected chi connectivity index (χ2v) is 17.5. The van der Waals surface area contributed by atoms with Crippen molar-refractivity contribution < 1.29 is 0 Å². The zero-order valence-corrected chi connectivity index (χ0v) is 9.83. The van der Waals surface area contributed by atoms with Gasteiger partial charge in [-0.2, -0.15) is 0 Å². The second-order valence-electron chi connectivity index (χ2n) is 2.61. The fourth-order valence-electron chi connectivity index (χ4n) is 1.34. The van der Waals surface area contributed by atoms with Crippen molar-refractivity contribution in [2.45, 2.75) is 45.2 Å². The van der Waals surface area contributed by atoms with Gasteiger partial charge < -0.3 is 0 Å². The molecule has 0 bridgehead atoms. The van der Waals surface area contributed by atoms with Crippen LogP contribution in [0, 0.1) is 0 Å². The molecule has 0 atom stereocenters. The van der Waals surface area contributed by atoms with Gasteiger partial charge in [-0.05, 0) is 0 Å². The van der Waals surface area contributed by atoms with Crippen molar-refractivity contribution in [3.63, 3.8) is 0 Å². The fraction of sp³-hybridized carbons (Fsp3) is 1.00. The van der Waals surface area contributed by atoms with E-state index in [0.29, 0.717) is 0 Å². The van der Waals surface area contributed by atoms with Crippen molar-refractivity contribution in [3.8, 4) is 0 Å². The summed E-state index contributed by atoms with van der Waals surface area (Å²) in [6, 6.07) is 0. The summed E-state index contributed by atoms with van der Waals surface area (Å²) in [5, 5.41) is 0. The summed E-state index contributed by atoms with van der Waals surface area (Å²) in [6.45, 7) is 9.56. The van der Waals surface area contributed by atoms with Crippen LogP contribution in [0.15, 0.2) is 0 Å². The molecule has 0 aromatic heterocycles. The Bertz CT molecular complexity index is 47.5. The third-order valence-corrected chi connectivity index (χ3v) is 18.0. The van der Waals surface area contributed by atoms with Gasteiger partial charge in [0.05, 0.1) is 0 Å². The van der Waals surface area contributed by atoms with E-state index in [9.17, 15) is 0 Å². The summed E-state index contributed by atoms with van der Waals surface area (Å²) in [4.78, 5) is 0.